The summed E-state index contributed by atoms with van der Waals surface area (Å²) in [7, 11) is 1.36. The largest absolute Gasteiger partial charge is 0.469 e. The monoisotopic (exact) mass is 315 g/mol. The Balaban J connectivity index is 2.42. The highest BCUT2D eigenvalue weighted by atomic mass is 35.5. The van der Waals surface area contributed by atoms with Crippen LogP contribution >= 0.6 is 23.4 Å². The lowest BCUT2D eigenvalue weighted by molar-refractivity contribution is -0.140. The SMILES string of the molecule is COC(=O)CC(C)SCC(=O)Nc1ccc(Cl)cc1C. The minimum absolute atomic E-state index is 0.0412. The van der Waals surface area contributed by atoms with E-state index < -0.39 is 0 Å². The van der Waals surface area contributed by atoms with Crippen molar-refractivity contribution in [1.29, 1.82) is 0 Å². The Morgan fingerprint density at radius 1 is 1.45 bits per heavy atom. The van der Waals surface area contributed by atoms with Gasteiger partial charge in [0.25, 0.3) is 0 Å². The molecule has 1 atom stereocenters. The second kappa shape index (κ2) is 8.17. The lowest BCUT2D eigenvalue weighted by atomic mass is 10.2. The molecule has 1 aromatic carbocycles. The van der Waals surface area contributed by atoms with Crippen LogP contribution in [0.2, 0.25) is 5.02 Å². The highest BCUT2D eigenvalue weighted by Crippen LogP contribution is 2.20. The summed E-state index contributed by atoms with van der Waals surface area (Å²) in [6, 6.07) is 5.31. The van der Waals surface area contributed by atoms with Gasteiger partial charge in [-0.25, -0.2) is 0 Å². The summed E-state index contributed by atoms with van der Waals surface area (Å²) < 4.78 is 4.58. The first kappa shape index (κ1) is 16.9. The minimum Gasteiger partial charge on any atom is -0.469 e. The summed E-state index contributed by atoms with van der Waals surface area (Å²) in [5, 5.41) is 3.51. The Morgan fingerprint density at radius 2 is 2.15 bits per heavy atom. The number of esters is 1. The van der Waals surface area contributed by atoms with Crippen molar-refractivity contribution < 1.29 is 14.3 Å². The van der Waals surface area contributed by atoms with Crippen LogP contribution in [0.15, 0.2) is 18.2 Å². The molecular weight excluding hydrogens is 298 g/mol. The van der Waals surface area contributed by atoms with Gasteiger partial charge in [0, 0.05) is 16.0 Å². The van der Waals surface area contributed by atoms with Crippen LogP contribution in [0.4, 0.5) is 5.69 Å². The molecule has 0 heterocycles. The normalized spacial score (nSPS) is 11.8. The van der Waals surface area contributed by atoms with Gasteiger partial charge in [0.1, 0.15) is 0 Å². The van der Waals surface area contributed by atoms with E-state index in [1.807, 2.05) is 13.8 Å². The molecule has 6 heteroatoms. The van der Waals surface area contributed by atoms with E-state index in [-0.39, 0.29) is 17.1 Å². The fourth-order valence-electron chi connectivity index (χ4n) is 1.55. The smallest absolute Gasteiger partial charge is 0.306 e. The first-order valence-electron chi connectivity index (χ1n) is 6.16. The molecule has 4 nitrogen and oxygen atoms in total. The van der Waals surface area contributed by atoms with E-state index in [0.717, 1.165) is 11.3 Å². The third kappa shape index (κ3) is 5.84. The molecule has 0 saturated carbocycles. The van der Waals surface area contributed by atoms with Crippen molar-refractivity contribution in [3.05, 3.63) is 28.8 Å². The topological polar surface area (TPSA) is 55.4 Å². The first-order valence-corrected chi connectivity index (χ1v) is 7.59. The average Bonchev–Trinajstić information content (AvgIpc) is 2.39. The molecule has 1 N–H and O–H groups in total. The maximum atomic E-state index is 11.8. The quantitative estimate of drug-likeness (QED) is 0.819. The fraction of sp³-hybridized carbons (Fsp3) is 0.429. The van der Waals surface area contributed by atoms with Gasteiger partial charge in [0.15, 0.2) is 0 Å². The number of methoxy groups -OCH3 is 1. The van der Waals surface area contributed by atoms with E-state index in [9.17, 15) is 9.59 Å². The summed E-state index contributed by atoms with van der Waals surface area (Å²) in [6.07, 6.45) is 0.300. The van der Waals surface area contributed by atoms with Crippen LogP contribution in [-0.2, 0) is 14.3 Å². The number of anilines is 1. The lowest BCUT2D eigenvalue weighted by Crippen LogP contribution is -2.17. The zero-order valence-electron chi connectivity index (χ0n) is 11.7. The molecule has 0 aliphatic heterocycles. The number of carbonyl (C=O) groups is 2. The van der Waals surface area contributed by atoms with Gasteiger partial charge >= 0.3 is 5.97 Å². The Bertz CT molecular complexity index is 493. The molecule has 0 spiro atoms. The molecule has 0 fully saturated rings. The number of amides is 1. The summed E-state index contributed by atoms with van der Waals surface area (Å²) in [4.78, 5) is 22.9. The van der Waals surface area contributed by atoms with Gasteiger partial charge in [-0.3, -0.25) is 9.59 Å². The predicted octanol–water partition coefficient (Wildman–Crippen LogP) is 3.27. The second-order valence-electron chi connectivity index (χ2n) is 4.41. The zero-order chi connectivity index (χ0) is 15.1. The highest BCUT2D eigenvalue weighted by molar-refractivity contribution is 8.00. The molecule has 0 aliphatic carbocycles. The van der Waals surface area contributed by atoms with E-state index >= 15 is 0 Å². The van der Waals surface area contributed by atoms with Gasteiger partial charge in [-0.05, 0) is 30.7 Å². The van der Waals surface area contributed by atoms with E-state index in [4.69, 9.17) is 11.6 Å². The number of aryl methyl sites for hydroxylation is 1. The molecule has 1 unspecified atom stereocenters. The van der Waals surface area contributed by atoms with Crippen molar-refractivity contribution >= 4 is 40.9 Å². The van der Waals surface area contributed by atoms with Crippen molar-refractivity contribution in [3.63, 3.8) is 0 Å². The maximum absolute atomic E-state index is 11.8. The van der Waals surface area contributed by atoms with Gasteiger partial charge in [-0.15, -0.1) is 11.8 Å². The number of nitrogens with one attached hydrogen (secondary N) is 1. The van der Waals surface area contributed by atoms with Crippen LogP contribution in [0.3, 0.4) is 0 Å². The summed E-state index contributed by atoms with van der Waals surface area (Å²) in [5.74, 6) is -0.0728. The van der Waals surface area contributed by atoms with Crippen molar-refractivity contribution in [2.45, 2.75) is 25.5 Å². The van der Waals surface area contributed by atoms with Crippen molar-refractivity contribution in [2.75, 3.05) is 18.2 Å². The van der Waals surface area contributed by atoms with Gasteiger partial charge in [0.2, 0.25) is 5.91 Å². The highest BCUT2D eigenvalue weighted by Gasteiger charge is 2.12. The van der Waals surface area contributed by atoms with Gasteiger partial charge in [-0.2, -0.15) is 0 Å². The molecule has 0 aromatic heterocycles. The Morgan fingerprint density at radius 3 is 2.75 bits per heavy atom. The van der Waals surface area contributed by atoms with Crippen LogP contribution in [0, 0.1) is 6.92 Å². The summed E-state index contributed by atoms with van der Waals surface area (Å²) >= 11 is 7.28. The van der Waals surface area contributed by atoms with Crippen LogP contribution < -0.4 is 5.32 Å². The minimum atomic E-state index is -0.265. The third-order valence-electron chi connectivity index (χ3n) is 2.64. The molecule has 0 radical (unpaired) electrons. The van der Waals surface area contributed by atoms with Crippen LogP contribution in [0.1, 0.15) is 18.9 Å². The summed E-state index contributed by atoms with van der Waals surface area (Å²) in [6.45, 7) is 3.77. The number of carbonyl (C=O) groups excluding carboxylic acids is 2. The maximum Gasteiger partial charge on any atom is 0.306 e. The average molecular weight is 316 g/mol. The van der Waals surface area contributed by atoms with Crippen LogP contribution in [0.25, 0.3) is 0 Å². The number of hydrogen-bond donors (Lipinski definition) is 1. The molecule has 0 saturated heterocycles. The van der Waals surface area contributed by atoms with Crippen molar-refractivity contribution in [2.24, 2.45) is 0 Å². The number of halogens is 1. The molecule has 1 rings (SSSR count). The second-order valence-corrected chi connectivity index (χ2v) is 6.27. The molecule has 1 aromatic rings. The Kier molecular flexibility index (Phi) is 6.88. The van der Waals surface area contributed by atoms with E-state index in [2.05, 4.69) is 10.1 Å². The lowest BCUT2D eigenvalue weighted by Gasteiger charge is -2.11. The first-order chi connectivity index (χ1) is 9.42. The van der Waals surface area contributed by atoms with E-state index in [1.54, 1.807) is 18.2 Å². The Hall–Kier alpha value is -1.20. The molecular formula is C14H18ClNO3S. The number of benzene rings is 1. The number of thioether (sulfide) groups is 1. The summed E-state index contributed by atoms with van der Waals surface area (Å²) in [5.41, 5.74) is 1.67. The standard InChI is InChI=1S/C14H18ClNO3S/c1-9-6-11(15)4-5-12(9)16-13(17)8-20-10(2)7-14(18)19-3/h4-6,10H,7-8H2,1-3H3,(H,16,17). The van der Waals surface area contributed by atoms with Crippen LogP contribution in [0.5, 0.6) is 0 Å². The molecule has 20 heavy (non-hydrogen) atoms. The van der Waals surface area contributed by atoms with E-state index in [0.29, 0.717) is 17.2 Å². The molecule has 0 bridgehead atoms. The van der Waals surface area contributed by atoms with Crippen molar-refractivity contribution in [1.82, 2.24) is 0 Å². The third-order valence-corrected chi connectivity index (χ3v) is 4.04. The molecule has 110 valence electrons. The predicted molar refractivity (Wildman–Crippen MR) is 83.4 cm³/mol. The number of hydrogen-bond acceptors (Lipinski definition) is 4. The van der Waals surface area contributed by atoms with Gasteiger partial charge in [-0.1, -0.05) is 18.5 Å². The number of ether oxygens (including phenoxy) is 1. The van der Waals surface area contributed by atoms with Crippen LogP contribution in [-0.4, -0.2) is 30.0 Å². The zero-order valence-corrected chi connectivity index (χ0v) is 13.3. The molecule has 0 aliphatic rings. The Labute approximate surface area is 128 Å². The molecule has 1 amide bonds. The van der Waals surface area contributed by atoms with E-state index in [1.165, 1.54) is 18.9 Å². The fourth-order valence-corrected chi connectivity index (χ4v) is 2.54. The van der Waals surface area contributed by atoms with Gasteiger partial charge in [0.05, 0.1) is 19.3 Å². The number of rotatable bonds is 6. The van der Waals surface area contributed by atoms with Crippen molar-refractivity contribution in [3.8, 4) is 0 Å². The van der Waals surface area contributed by atoms with Gasteiger partial charge < -0.3 is 10.1 Å².